The first-order valence-electron chi connectivity index (χ1n) is 9.46. The highest BCUT2D eigenvalue weighted by Gasteiger charge is 2.24. The molecule has 1 atom stereocenters. The summed E-state index contributed by atoms with van der Waals surface area (Å²) < 4.78 is 42.1. The summed E-state index contributed by atoms with van der Waals surface area (Å²) in [6.07, 6.45) is -1.23. The van der Waals surface area contributed by atoms with Gasteiger partial charge in [-0.05, 0) is 31.2 Å². The van der Waals surface area contributed by atoms with Gasteiger partial charge in [-0.2, -0.15) is 4.72 Å². The zero-order valence-electron chi connectivity index (χ0n) is 17.5. The molecule has 1 heterocycles. The van der Waals surface area contributed by atoms with Crippen molar-refractivity contribution in [3.63, 3.8) is 0 Å². The molecule has 0 spiro atoms. The van der Waals surface area contributed by atoms with Gasteiger partial charge in [0.2, 0.25) is 16.8 Å². The summed E-state index contributed by atoms with van der Waals surface area (Å²) in [5, 5.41) is 16.3. The largest absolute Gasteiger partial charge is 0.454 e. The third kappa shape index (κ3) is 5.67. The average Bonchev–Trinajstić information content (AvgIpc) is 3.25. The molecule has 3 N–H and O–H groups in total. The van der Waals surface area contributed by atoms with Crippen LogP contribution in [-0.4, -0.2) is 51.7 Å². The monoisotopic (exact) mass is 480 g/mol. The van der Waals surface area contributed by atoms with Crippen molar-refractivity contribution in [3.05, 3.63) is 46.5 Å². The van der Waals surface area contributed by atoms with E-state index in [4.69, 9.17) is 14.2 Å². The summed E-state index contributed by atoms with van der Waals surface area (Å²) in [5.41, 5.74) is 0.0666. The second-order valence-electron chi connectivity index (χ2n) is 6.70. The predicted octanol–water partition coefficient (Wildman–Crippen LogP) is 1.21. The number of benzene rings is 2. The number of esters is 1. The molecule has 0 aliphatic carbocycles. The van der Waals surface area contributed by atoms with Crippen molar-refractivity contribution in [2.75, 3.05) is 31.0 Å². The fraction of sp³-hybridized carbons (Fsp3) is 0.263. The SMILES string of the molecule is CNc1ccc(S(=O)(=O)NCC(=O)OC(C)C(=O)Nc2ccc3c(c2)OCO3)cc1[N+](=O)[O-]. The smallest absolute Gasteiger partial charge is 0.321 e. The van der Waals surface area contributed by atoms with Gasteiger partial charge in [0.05, 0.1) is 9.82 Å². The van der Waals surface area contributed by atoms with E-state index in [1.54, 1.807) is 18.2 Å². The van der Waals surface area contributed by atoms with E-state index in [9.17, 15) is 28.1 Å². The van der Waals surface area contributed by atoms with Gasteiger partial charge in [0.25, 0.3) is 11.6 Å². The molecule has 0 saturated carbocycles. The Hall–Kier alpha value is -3.91. The van der Waals surface area contributed by atoms with Crippen molar-refractivity contribution in [2.45, 2.75) is 17.9 Å². The molecule has 14 heteroatoms. The molecule has 1 unspecified atom stereocenters. The lowest BCUT2D eigenvalue weighted by Gasteiger charge is -2.14. The van der Waals surface area contributed by atoms with Crippen LogP contribution in [0.1, 0.15) is 6.92 Å². The molecule has 3 rings (SSSR count). The minimum Gasteiger partial charge on any atom is -0.454 e. The lowest BCUT2D eigenvalue weighted by atomic mass is 10.2. The van der Waals surface area contributed by atoms with Gasteiger partial charge >= 0.3 is 5.97 Å². The Morgan fingerprint density at radius 2 is 1.91 bits per heavy atom. The van der Waals surface area contributed by atoms with Crippen LogP contribution in [0, 0.1) is 10.1 Å². The van der Waals surface area contributed by atoms with Crippen molar-refractivity contribution in [2.24, 2.45) is 0 Å². The van der Waals surface area contributed by atoms with Gasteiger partial charge in [-0.15, -0.1) is 0 Å². The fourth-order valence-corrected chi connectivity index (χ4v) is 3.78. The van der Waals surface area contributed by atoms with Crippen molar-refractivity contribution in [3.8, 4) is 11.5 Å². The second kappa shape index (κ2) is 9.70. The van der Waals surface area contributed by atoms with Crippen LogP contribution < -0.4 is 24.8 Å². The Labute approximate surface area is 188 Å². The molecular weight excluding hydrogens is 460 g/mol. The van der Waals surface area contributed by atoms with Gasteiger partial charge < -0.3 is 24.8 Å². The van der Waals surface area contributed by atoms with Crippen molar-refractivity contribution < 1.29 is 37.1 Å². The van der Waals surface area contributed by atoms with E-state index in [-0.39, 0.29) is 12.5 Å². The molecule has 2 aromatic carbocycles. The first-order valence-corrected chi connectivity index (χ1v) is 10.9. The molecule has 0 radical (unpaired) electrons. The van der Waals surface area contributed by atoms with E-state index in [1.165, 1.54) is 20.0 Å². The third-order valence-electron chi connectivity index (χ3n) is 4.47. The number of nitrogens with one attached hydrogen (secondary N) is 3. The zero-order valence-corrected chi connectivity index (χ0v) is 18.3. The standard InChI is InChI=1S/C19H20N4O9S/c1-11(19(25)22-12-3-6-16-17(7-12)31-10-30-16)32-18(24)9-21-33(28,29)13-4-5-14(20-2)15(8-13)23(26)27/h3-8,11,20-21H,9-10H2,1-2H3,(H,22,25). The molecule has 2 aromatic rings. The Balaban J connectivity index is 1.56. The molecule has 0 bridgehead atoms. The number of fused-ring (bicyclic) bond motifs is 1. The summed E-state index contributed by atoms with van der Waals surface area (Å²) in [6.45, 7) is 0.601. The van der Waals surface area contributed by atoms with E-state index in [0.29, 0.717) is 17.2 Å². The van der Waals surface area contributed by atoms with Crippen LogP contribution >= 0.6 is 0 Å². The Bertz CT molecular complexity index is 1200. The average molecular weight is 480 g/mol. The van der Waals surface area contributed by atoms with Crippen LogP contribution in [-0.2, 0) is 24.3 Å². The lowest BCUT2D eigenvalue weighted by Crippen LogP contribution is -2.35. The number of sulfonamides is 1. The van der Waals surface area contributed by atoms with Gasteiger partial charge in [0, 0.05) is 24.9 Å². The maximum Gasteiger partial charge on any atom is 0.321 e. The van der Waals surface area contributed by atoms with Gasteiger partial charge in [0.15, 0.2) is 17.6 Å². The molecule has 33 heavy (non-hydrogen) atoms. The fourth-order valence-electron chi connectivity index (χ4n) is 2.79. The predicted molar refractivity (Wildman–Crippen MR) is 115 cm³/mol. The molecule has 13 nitrogen and oxygen atoms in total. The lowest BCUT2D eigenvalue weighted by molar-refractivity contribution is -0.384. The maximum absolute atomic E-state index is 12.4. The summed E-state index contributed by atoms with van der Waals surface area (Å²) in [4.78, 5) is 34.3. The van der Waals surface area contributed by atoms with Crippen LogP contribution in [0.25, 0.3) is 0 Å². The Morgan fingerprint density at radius 3 is 2.61 bits per heavy atom. The minimum absolute atomic E-state index is 0.0731. The highest BCUT2D eigenvalue weighted by molar-refractivity contribution is 7.89. The number of carbonyl (C=O) groups is 2. The number of nitro benzene ring substituents is 1. The molecule has 176 valence electrons. The zero-order chi connectivity index (χ0) is 24.2. The second-order valence-corrected chi connectivity index (χ2v) is 8.47. The number of anilines is 2. The number of nitrogens with zero attached hydrogens (tertiary/aromatic N) is 1. The number of nitro groups is 1. The van der Waals surface area contributed by atoms with Crippen molar-refractivity contribution >= 4 is 39.0 Å². The van der Waals surface area contributed by atoms with Crippen LogP contribution in [0.2, 0.25) is 0 Å². The van der Waals surface area contributed by atoms with Crippen LogP contribution in [0.4, 0.5) is 17.1 Å². The Kier molecular flexibility index (Phi) is 6.98. The molecule has 0 saturated heterocycles. The number of amides is 1. The van der Waals surface area contributed by atoms with Crippen LogP contribution in [0.15, 0.2) is 41.3 Å². The summed E-state index contributed by atoms with van der Waals surface area (Å²) in [7, 11) is -2.80. The molecule has 1 amide bonds. The maximum atomic E-state index is 12.4. The first kappa shape index (κ1) is 23.7. The highest BCUT2D eigenvalue weighted by atomic mass is 32.2. The van der Waals surface area contributed by atoms with Gasteiger partial charge in [0.1, 0.15) is 12.2 Å². The van der Waals surface area contributed by atoms with E-state index in [0.717, 1.165) is 12.1 Å². The summed E-state index contributed by atoms with van der Waals surface area (Å²) >= 11 is 0. The molecule has 1 aliphatic heterocycles. The number of rotatable bonds is 9. The van der Waals surface area contributed by atoms with E-state index in [1.807, 2.05) is 4.72 Å². The quantitative estimate of drug-likeness (QED) is 0.269. The van der Waals surface area contributed by atoms with Crippen LogP contribution in [0.5, 0.6) is 11.5 Å². The molecule has 1 aliphatic rings. The normalized spacial score (nSPS) is 13.2. The number of hydrogen-bond acceptors (Lipinski definition) is 10. The van der Waals surface area contributed by atoms with Crippen LogP contribution in [0.3, 0.4) is 0 Å². The van der Waals surface area contributed by atoms with Gasteiger partial charge in [-0.25, -0.2) is 8.42 Å². The Morgan fingerprint density at radius 1 is 1.18 bits per heavy atom. The van der Waals surface area contributed by atoms with E-state index < -0.39 is 50.1 Å². The topological polar surface area (TPSA) is 175 Å². The molecular formula is C19H20N4O9S. The summed E-state index contributed by atoms with van der Waals surface area (Å²) in [5.74, 6) is -0.683. The van der Waals surface area contributed by atoms with E-state index >= 15 is 0 Å². The summed E-state index contributed by atoms with van der Waals surface area (Å²) in [6, 6.07) is 7.97. The number of ether oxygens (including phenoxy) is 3. The molecule has 0 fully saturated rings. The highest BCUT2D eigenvalue weighted by Crippen LogP contribution is 2.34. The van der Waals surface area contributed by atoms with Crippen molar-refractivity contribution in [1.29, 1.82) is 0 Å². The van der Waals surface area contributed by atoms with Gasteiger partial charge in [-0.1, -0.05) is 0 Å². The molecule has 0 aromatic heterocycles. The number of carbonyl (C=O) groups excluding carboxylic acids is 2. The number of hydrogen-bond donors (Lipinski definition) is 3. The van der Waals surface area contributed by atoms with Gasteiger partial charge in [-0.3, -0.25) is 19.7 Å². The minimum atomic E-state index is -4.26. The van der Waals surface area contributed by atoms with E-state index in [2.05, 4.69) is 10.6 Å². The van der Waals surface area contributed by atoms with Crippen molar-refractivity contribution in [1.82, 2.24) is 4.72 Å². The third-order valence-corrected chi connectivity index (χ3v) is 5.87. The first-order chi connectivity index (χ1) is 15.6.